The number of aromatic nitrogens is 1. The normalized spacial score (nSPS) is 10.5. The van der Waals surface area contributed by atoms with E-state index in [1.165, 1.54) is 10.4 Å². The molecule has 68 valence electrons. The van der Waals surface area contributed by atoms with E-state index >= 15 is 0 Å². The van der Waals surface area contributed by atoms with Gasteiger partial charge in [-0.1, -0.05) is 6.07 Å². The van der Waals surface area contributed by atoms with Crippen LogP contribution in [0.25, 0.3) is 0 Å². The molecule has 0 bridgehead atoms. The maximum atomic E-state index is 5.53. The lowest BCUT2D eigenvalue weighted by Crippen LogP contribution is -1.96. The number of nitrogens with zero attached hydrogens (tertiary/aromatic N) is 1. The molecule has 0 unspecified atom stereocenters. The van der Waals surface area contributed by atoms with E-state index in [1.807, 2.05) is 0 Å². The van der Waals surface area contributed by atoms with Gasteiger partial charge in [0.2, 0.25) is 0 Å². The Hall–Kier alpha value is -1.06. The van der Waals surface area contributed by atoms with Crippen molar-refractivity contribution in [2.24, 2.45) is 5.73 Å². The molecule has 2 rings (SSSR count). The molecule has 3 heteroatoms. The highest BCUT2D eigenvalue weighted by atomic mass is 32.1. The molecule has 2 heterocycles. The molecule has 0 atom stereocenters. The molecule has 2 aromatic rings. The molecule has 0 radical (unpaired) electrons. The predicted molar refractivity (Wildman–Crippen MR) is 55.7 cm³/mol. The van der Waals surface area contributed by atoms with Gasteiger partial charge in [0.05, 0.1) is 6.54 Å². The summed E-state index contributed by atoms with van der Waals surface area (Å²) in [5.41, 5.74) is 6.72. The molecule has 13 heavy (non-hydrogen) atoms. The van der Waals surface area contributed by atoms with Crippen molar-refractivity contribution in [3.05, 3.63) is 46.4 Å². The molecule has 0 aliphatic carbocycles. The first kappa shape index (κ1) is 8.53. The van der Waals surface area contributed by atoms with E-state index in [0.29, 0.717) is 6.54 Å². The summed E-state index contributed by atoms with van der Waals surface area (Å²) in [4.78, 5) is 1.37. The Morgan fingerprint density at radius 2 is 2.31 bits per heavy atom. The first-order valence-electron chi connectivity index (χ1n) is 4.25. The van der Waals surface area contributed by atoms with E-state index in [9.17, 15) is 0 Å². The Morgan fingerprint density at radius 3 is 2.92 bits per heavy atom. The van der Waals surface area contributed by atoms with E-state index in [1.54, 1.807) is 11.3 Å². The number of hydrogen-bond acceptors (Lipinski definition) is 2. The van der Waals surface area contributed by atoms with Crippen LogP contribution in [-0.4, -0.2) is 4.57 Å². The fraction of sp³-hybridized carbons (Fsp3) is 0.200. The Balaban J connectivity index is 2.10. The average Bonchev–Trinajstić information content (AvgIpc) is 2.76. The highest BCUT2D eigenvalue weighted by Crippen LogP contribution is 2.11. The summed E-state index contributed by atoms with van der Waals surface area (Å²) in [6.45, 7) is 1.58. The summed E-state index contributed by atoms with van der Waals surface area (Å²) in [5.74, 6) is 0. The molecular weight excluding hydrogens is 180 g/mol. The Morgan fingerprint density at radius 1 is 1.38 bits per heavy atom. The van der Waals surface area contributed by atoms with E-state index in [4.69, 9.17) is 5.73 Å². The first-order valence-corrected chi connectivity index (χ1v) is 5.13. The predicted octanol–water partition coefficient (Wildman–Crippen LogP) is 2.06. The monoisotopic (exact) mass is 192 g/mol. The zero-order valence-electron chi connectivity index (χ0n) is 7.31. The number of hydrogen-bond donors (Lipinski definition) is 1. The van der Waals surface area contributed by atoms with E-state index in [-0.39, 0.29) is 0 Å². The maximum Gasteiger partial charge on any atom is 0.0563 e. The van der Waals surface area contributed by atoms with Crippen LogP contribution in [0.4, 0.5) is 0 Å². The number of rotatable bonds is 3. The SMILES string of the molecule is NCc1ccn(Cc2cccs2)c1. The van der Waals surface area contributed by atoms with Gasteiger partial charge in [-0.05, 0) is 23.1 Å². The Labute approximate surface area is 81.6 Å². The Kier molecular flexibility index (Phi) is 2.47. The molecule has 0 aliphatic rings. The number of thiophene rings is 1. The van der Waals surface area contributed by atoms with Crippen molar-refractivity contribution in [3.63, 3.8) is 0 Å². The minimum atomic E-state index is 0.622. The van der Waals surface area contributed by atoms with Crippen LogP contribution in [0.1, 0.15) is 10.4 Å². The van der Waals surface area contributed by atoms with Gasteiger partial charge in [0.25, 0.3) is 0 Å². The second-order valence-electron chi connectivity index (χ2n) is 2.98. The first-order chi connectivity index (χ1) is 6.38. The number of nitrogens with two attached hydrogens (primary N) is 1. The second-order valence-corrected chi connectivity index (χ2v) is 4.01. The molecule has 2 N–H and O–H groups in total. The van der Waals surface area contributed by atoms with Gasteiger partial charge in [-0.2, -0.15) is 0 Å². The van der Waals surface area contributed by atoms with Gasteiger partial charge in [0.1, 0.15) is 0 Å². The summed E-state index contributed by atoms with van der Waals surface area (Å²) in [7, 11) is 0. The van der Waals surface area contributed by atoms with Crippen molar-refractivity contribution in [2.45, 2.75) is 13.1 Å². The zero-order valence-corrected chi connectivity index (χ0v) is 8.13. The van der Waals surface area contributed by atoms with E-state index < -0.39 is 0 Å². The van der Waals surface area contributed by atoms with Crippen molar-refractivity contribution in [1.29, 1.82) is 0 Å². The van der Waals surface area contributed by atoms with Gasteiger partial charge in [-0.3, -0.25) is 0 Å². The fourth-order valence-corrected chi connectivity index (χ4v) is 2.00. The molecule has 0 spiro atoms. The molecule has 0 amide bonds. The van der Waals surface area contributed by atoms with Crippen molar-refractivity contribution in [3.8, 4) is 0 Å². The minimum absolute atomic E-state index is 0.622. The van der Waals surface area contributed by atoms with Crippen LogP contribution in [0.3, 0.4) is 0 Å². The Bertz CT molecular complexity index is 362. The third kappa shape index (κ3) is 1.99. The third-order valence-corrected chi connectivity index (χ3v) is 2.83. The smallest absolute Gasteiger partial charge is 0.0563 e. The van der Waals surface area contributed by atoms with Crippen LogP contribution < -0.4 is 5.73 Å². The van der Waals surface area contributed by atoms with Gasteiger partial charge >= 0.3 is 0 Å². The molecular formula is C10H12N2S. The topological polar surface area (TPSA) is 30.9 Å². The lowest BCUT2D eigenvalue weighted by Gasteiger charge is -1.98. The molecule has 0 fully saturated rings. The third-order valence-electron chi connectivity index (χ3n) is 1.97. The largest absolute Gasteiger partial charge is 0.349 e. The maximum absolute atomic E-state index is 5.53. The minimum Gasteiger partial charge on any atom is -0.349 e. The van der Waals surface area contributed by atoms with Crippen molar-refractivity contribution >= 4 is 11.3 Å². The summed E-state index contributed by atoms with van der Waals surface area (Å²) in [6, 6.07) is 6.29. The van der Waals surface area contributed by atoms with Crippen molar-refractivity contribution in [2.75, 3.05) is 0 Å². The lowest BCUT2D eigenvalue weighted by molar-refractivity contribution is 0.814. The summed E-state index contributed by atoms with van der Waals surface area (Å²) in [5, 5.41) is 2.10. The molecule has 0 saturated heterocycles. The van der Waals surface area contributed by atoms with Crippen molar-refractivity contribution in [1.82, 2.24) is 4.57 Å². The summed E-state index contributed by atoms with van der Waals surface area (Å²) in [6.07, 6.45) is 4.17. The molecule has 0 aromatic carbocycles. The van der Waals surface area contributed by atoms with Crippen molar-refractivity contribution < 1.29 is 0 Å². The van der Waals surface area contributed by atoms with Crippen LogP contribution in [0.15, 0.2) is 36.0 Å². The van der Waals surface area contributed by atoms with Crippen LogP contribution in [-0.2, 0) is 13.1 Å². The molecule has 0 saturated carbocycles. The zero-order chi connectivity index (χ0) is 9.10. The highest BCUT2D eigenvalue weighted by molar-refractivity contribution is 7.09. The van der Waals surface area contributed by atoms with Crippen LogP contribution in [0.5, 0.6) is 0 Å². The van der Waals surface area contributed by atoms with E-state index in [0.717, 1.165) is 6.54 Å². The van der Waals surface area contributed by atoms with Gasteiger partial charge < -0.3 is 10.3 Å². The van der Waals surface area contributed by atoms with Gasteiger partial charge in [0.15, 0.2) is 0 Å². The lowest BCUT2D eigenvalue weighted by atomic mass is 10.3. The van der Waals surface area contributed by atoms with Crippen LogP contribution in [0.2, 0.25) is 0 Å². The standard InChI is InChI=1S/C10H12N2S/c11-6-9-3-4-12(7-9)8-10-2-1-5-13-10/h1-5,7H,6,8,11H2. The summed E-state index contributed by atoms with van der Waals surface area (Å²) < 4.78 is 2.16. The molecule has 0 aliphatic heterocycles. The molecule has 2 nitrogen and oxygen atoms in total. The van der Waals surface area contributed by atoms with Crippen LogP contribution >= 0.6 is 11.3 Å². The molecule has 2 aromatic heterocycles. The fourth-order valence-electron chi connectivity index (χ4n) is 1.29. The quantitative estimate of drug-likeness (QED) is 0.793. The average molecular weight is 192 g/mol. The van der Waals surface area contributed by atoms with E-state index in [2.05, 4.69) is 40.5 Å². The van der Waals surface area contributed by atoms with Crippen LogP contribution in [0, 0.1) is 0 Å². The van der Waals surface area contributed by atoms with Gasteiger partial charge in [0, 0.05) is 23.8 Å². The second kappa shape index (κ2) is 3.77. The highest BCUT2D eigenvalue weighted by Gasteiger charge is 1.96. The van der Waals surface area contributed by atoms with Gasteiger partial charge in [-0.25, -0.2) is 0 Å². The van der Waals surface area contributed by atoms with Gasteiger partial charge in [-0.15, -0.1) is 11.3 Å². The summed E-state index contributed by atoms with van der Waals surface area (Å²) >= 11 is 1.78.